The highest BCUT2D eigenvalue weighted by atomic mass is 16.5. The van der Waals surface area contributed by atoms with Crippen molar-refractivity contribution in [1.82, 2.24) is 10.2 Å². The molecule has 0 atom stereocenters. The number of ether oxygens (including phenoxy) is 1. The molecule has 0 radical (unpaired) electrons. The molecule has 4 heteroatoms. The van der Waals surface area contributed by atoms with E-state index in [-0.39, 0.29) is 5.91 Å². The van der Waals surface area contributed by atoms with Crippen molar-refractivity contribution in [3.63, 3.8) is 0 Å². The van der Waals surface area contributed by atoms with Crippen LogP contribution >= 0.6 is 0 Å². The number of carbonyl (C=O) groups excluding carboxylic acids is 1. The SMILES string of the molecule is CN(C(=O)CNCCOCC1CC1)C1CC1. The number of carbonyl (C=O) groups is 1. The fourth-order valence-electron chi connectivity index (χ4n) is 1.66. The van der Waals surface area contributed by atoms with Gasteiger partial charge >= 0.3 is 0 Å². The third-order valence-electron chi connectivity index (χ3n) is 3.24. The summed E-state index contributed by atoms with van der Waals surface area (Å²) in [5.41, 5.74) is 0. The second-order valence-electron chi connectivity index (χ2n) is 4.93. The monoisotopic (exact) mass is 226 g/mol. The van der Waals surface area contributed by atoms with Gasteiger partial charge in [-0.2, -0.15) is 0 Å². The highest BCUT2D eigenvalue weighted by Gasteiger charge is 2.28. The van der Waals surface area contributed by atoms with Crippen LogP contribution in [0.15, 0.2) is 0 Å². The van der Waals surface area contributed by atoms with Crippen molar-refractivity contribution in [3.05, 3.63) is 0 Å². The van der Waals surface area contributed by atoms with Gasteiger partial charge in [-0.15, -0.1) is 0 Å². The molecule has 2 rings (SSSR count). The first-order valence-corrected chi connectivity index (χ1v) is 6.31. The maximum Gasteiger partial charge on any atom is 0.236 e. The molecule has 92 valence electrons. The molecule has 0 unspecified atom stereocenters. The average Bonchev–Trinajstić information content (AvgIpc) is 3.15. The standard InChI is InChI=1S/C12H22N2O2/c1-14(11-4-5-11)12(15)8-13-6-7-16-9-10-2-3-10/h10-11,13H,2-9H2,1H3. The van der Waals surface area contributed by atoms with Crippen molar-refractivity contribution in [2.24, 2.45) is 5.92 Å². The summed E-state index contributed by atoms with van der Waals surface area (Å²) in [7, 11) is 1.89. The topological polar surface area (TPSA) is 41.6 Å². The van der Waals surface area contributed by atoms with Crippen molar-refractivity contribution < 1.29 is 9.53 Å². The first kappa shape index (κ1) is 11.9. The third-order valence-corrected chi connectivity index (χ3v) is 3.24. The molecule has 1 amide bonds. The number of nitrogens with zero attached hydrogens (tertiary/aromatic N) is 1. The predicted octanol–water partition coefficient (Wildman–Crippen LogP) is 0.623. The number of rotatable bonds is 8. The molecule has 2 fully saturated rings. The fourth-order valence-corrected chi connectivity index (χ4v) is 1.66. The summed E-state index contributed by atoms with van der Waals surface area (Å²) in [6.07, 6.45) is 5.01. The third kappa shape index (κ3) is 4.10. The molecule has 0 bridgehead atoms. The summed E-state index contributed by atoms with van der Waals surface area (Å²) in [4.78, 5) is 13.5. The van der Waals surface area contributed by atoms with E-state index in [9.17, 15) is 4.79 Å². The van der Waals surface area contributed by atoms with Crippen LogP contribution in [0.2, 0.25) is 0 Å². The summed E-state index contributed by atoms with van der Waals surface area (Å²) >= 11 is 0. The lowest BCUT2D eigenvalue weighted by molar-refractivity contribution is -0.129. The number of likely N-dealkylation sites (N-methyl/N-ethyl adjacent to an activating group) is 1. The Morgan fingerprint density at radius 2 is 2.12 bits per heavy atom. The Hall–Kier alpha value is -0.610. The van der Waals surface area contributed by atoms with Crippen LogP contribution < -0.4 is 5.32 Å². The van der Waals surface area contributed by atoms with Gasteiger partial charge in [-0.25, -0.2) is 0 Å². The van der Waals surface area contributed by atoms with Crippen molar-refractivity contribution in [1.29, 1.82) is 0 Å². The van der Waals surface area contributed by atoms with Crippen LogP contribution in [-0.2, 0) is 9.53 Å². The Kier molecular flexibility index (Phi) is 4.18. The molecular weight excluding hydrogens is 204 g/mol. The number of amides is 1. The van der Waals surface area contributed by atoms with Crippen molar-refractivity contribution in [3.8, 4) is 0 Å². The number of nitrogens with one attached hydrogen (secondary N) is 1. The van der Waals surface area contributed by atoms with Crippen LogP contribution in [0.3, 0.4) is 0 Å². The van der Waals surface area contributed by atoms with E-state index in [2.05, 4.69) is 5.32 Å². The second-order valence-corrected chi connectivity index (χ2v) is 4.93. The Balaban J connectivity index is 1.42. The van der Waals surface area contributed by atoms with Gasteiger partial charge in [0.2, 0.25) is 5.91 Å². The summed E-state index contributed by atoms with van der Waals surface area (Å²) in [5.74, 6) is 1.02. The highest BCUT2D eigenvalue weighted by molar-refractivity contribution is 5.78. The van der Waals surface area contributed by atoms with E-state index >= 15 is 0 Å². The summed E-state index contributed by atoms with van der Waals surface area (Å²) in [6.45, 7) is 2.84. The van der Waals surface area contributed by atoms with Crippen LogP contribution in [0.1, 0.15) is 25.7 Å². The lowest BCUT2D eigenvalue weighted by Gasteiger charge is -2.16. The number of hydrogen-bond acceptors (Lipinski definition) is 3. The molecule has 2 saturated carbocycles. The highest BCUT2D eigenvalue weighted by Crippen LogP contribution is 2.28. The molecule has 2 aliphatic carbocycles. The summed E-state index contributed by atoms with van der Waals surface area (Å²) < 4.78 is 5.47. The van der Waals surface area contributed by atoms with Crippen LogP contribution in [0, 0.1) is 5.92 Å². The minimum atomic E-state index is 0.199. The maximum atomic E-state index is 11.6. The Morgan fingerprint density at radius 3 is 2.75 bits per heavy atom. The Labute approximate surface area is 97.3 Å². The van der Waals surface area contributed by atoms with Gasteiger partial charge in [-0.1, -0.05) is 0 Å². The van der Waals surface area contributed by atoms with Crippen LogP contribution in [0.25, 0.3) is 0 Å². The average molecular weight is 226 g/mol. The molecule has 0 spiro atoms. The van der Waals surface area contributed by atoms with Gasteiger partial charge in [-0.05, 0) is 31.6 Å². The van der Waals surface area contributed by atoms with Crippen molar-refractivity contribution >= 4 is 5.91 Å². The molecule has 0 saturated heterocycles. The zero-order valence-electron chi connectivity index (χ0n) is 10.1. The van der Waals surface area contributed by atoms with E-state index in [0.29, 0.717) is 12.6 Å². The molecule has 0 aromatic rings. The first-order valence-electron chi connectivity index (χ1n) is 6.31. The van der Waals surface area contributed by atoms with Crippen LogP contribution in [0.5, 0.6) is 0 Å². The number of hydrogen-bond donors (Lipinski definition) is 1. The Bertz CT molecular complexity index is 237. The van der Waals surface area contributed by atoms with Crippen LogP contribution in [0.4, 0.5) is 0 Å². The van der Waals surface area contributed by atoms with Crippen molar-refractivity contribution in [2.45, 2.75) is 31.7 Å². The van der Waals surface area contributed by atoms with E-state index in [0.717, 1.165) is 25.7 Å². The van der Waals surface area contributed by atoms with Gasteiger partial charge in [0.25, 0.3) is 0 Å². The molecule has 0 heterocycles. The fraction of sp³-hybridized carbons (Fsp3) is 0.917. The van der Waals surface area contributed by atoms with E-state index < -0.39 is 0 Å². The Morgan fingerprint density at radius 1 is 1.38 bits per heavy atom. The quantitative estimate of drug-likeness (QED) is 0.617. The lowest BCUT2D eigenvalue weighted by Crippen LogP contribution is -2.37. The molecule has 0 aliphatic heterocycles. The largest absolute Gasteiger partial charge is 0.380 e. The smallest absolute Gasteiger partial charge is 0.236 e. The zero-order valence-corrected chi connectivity index (χ0v) is 10.1. The van der Waals surface area contributed by atoms with E-state index in [1.54, 1.807) is 0 Å². The summed E-state index contributed by atoms with van der Waals surface area (Å²) in [5, 5.41) is 3.13. The van der Waals surface area contributed by atoms with Gasteiger partial charge in [0.1, 0.15) is 0 Å². The molecular formula is C12H22N2O2. The molecule has 4 nitrogen and oxygen atoms in total. The van der Waals surface area contributed by atoms with Crippen molar-refractivity contribution in [2.75, 3.05) is 33.4 Å². The molecule has 2 aliphatic rings. The molecule has 0 aromatic heterocycles. The predicted molar refractivity (Wildman–Crippen MR) is 62.2 cm³/mol. The minimum absolute atomic E-state index is 0.199. The normalized spacial score (nSPS) is 19.8. The molecule has 16 heavy (non-hydrogen) atoms. The van der Waals surface area contributed by atoms with Gasteiger partial charge in [0.05, 0.1) is 13.2 Å². The van der Waals surface area contributed by atoms with Crippen LogP contribution in [-0.4, -0.2) is 50.2 Å². The minimum Gasteiger partial charge on any atom is -0.380 e. The van der Waals surface area contributed by atoms with Gasteiger partial charge in [0.15, 0.2) is 0 Å². The van der Waals surface area contributed by atoms with Gasteiger partial charge in [-0.3, -0.25) is 4.79 Å². The van der Waals surface area contributed by atoms with Gasteiger partial charge < -0.3 is 15.0 Å². The van der Waals surface area contributed by atoms with E-state index in [4.69, 9.17) is 4.74 Å². The molecule has 0 aromatic carbocycles. The van der Waals surface area contributed by atoms with E-state index in [1.165, 1.54) is 25.7 Å². The summed E-state index contributed by atoms with van der Waals surface area (Å²) in [6, 6.07) is 0.514. The van der Waals surface area contributed by atoms with Gasteiger partial charge in [0, 0.05) is 26.2 Å². The lowest BCUT2D eigenvalue weighted by atomic mass is 10.4. The second kappa shape index (κ2) is 5.64. The van der Waals surface area contributed by atoms with E-state index in [1.807, 2.05) is 11.9 Å². The zero-order chi connectivity index (χ0) is 11.4. The maximum absolute atomic E-state index is 11.6. The first-order chi connectivity index (χ1) is 7.77. The molecule has 1 N–H and O–H groups in total.